The molecule has 0 radical (unpaired) electrons. The van der Waals surface area contributed by atoms with Crippen molar-refractivity contribution in [3.8, 4) is 0 Å². The molecule has 0 aromatic rings. The second-order valence-electron chi connectivity index (χ2n) is 7.20. The van der Waals surface area contributed by atoms with Crippen molar-refractivity contribution in [1.82, 2.24) is 13.5 Å². The van der Waals surface area contributed by atoms with Gasteiger partial charge in [0, 0.05) is 52.1 Å². The van der Waals surface area contributed by atoms with Crippen LogP contribution in [0.3, 0.4) is 0 Å². The minimum atomic E-state index is -3.48. The molecule has 2 rings (SSSR count). The molecule has 0 aromatic heterocycles. The van der Waals surface area contributed by atoms with Gasteiger partial charge in [0.15, 0.2) is 0 Å². The Morgan fingerprint density at radius 1 is 1.00 bits per heavy atom. The predicted octanol–water partition coefficient (Wildman–Crippen LogP) is 1.28. The topological polar surface area (TPSA) is 98.2 Å². The molecule has 0 unspecified atom stereocenters. The van der Waals surface area contributed by atoms with Crippen molar-refractivity contribution in [3.63, 3.8) is 0 Å². The van der Waals surface area contributed by atoms with Gasteiger partial charge < -0.3 is 10.0 Å². The van der Waals surface area contributed by atoms with E-state index in [9.17, 15) is 18.0 Å². The second kappa shape index (κ2) is 9.66. The standard InChI is InChI=1S/C17H31N3O5S/c1-18(15-7-3-2-4-8-15)26(24,25)20-13-11-19(12-14-20)16(21)9-5-6-10-17(22)23/h15H,2-14H2,1H3,(H,22,23). The molecule has 0 atom stereocenters. The van der Waals surface area contributed by atoms with E-state index < -0.39 is 16.2 Å². The van der Waals surface area contributed by atoms with E-state index in [1.807, 2.05) is 0 Å². The van der Waals surface area contributed by atoms with E-state index in [1.165, 1.54) is 15.0 Å². The highest BCUT2D eigenvalue weighted by Crippen LogP contribution is 2.25. The lowest BCUT2D eigenvalue weighted by molar-refractivity contribution is -0.137. The lowest BCUT2D eigenvalue weighted by Crippen LogP contribution is -2.55. The van der Waals surface area contributed by atoms with Gasteiger partial charge in [0.2, 0.25) is 5.91 Å². The van der Waals surface area contributed by atoms with E-state index in [4.69, 9.17) is 5.11 Å². The number of carboxylic acid groups (broad SMARTS) is 1. The second-order valence-corrected chi connectivity index (χ2v) is 9.18. The maximum atomic E-state index is 12.8. The van der Waals surface area contributed by atoms with Crippen LogP contribution in [-0.2, 0) is 19.8 Å². The molecule has 1 saturated carbocycles. The summed E-state index contributed by atoms with van der Waals surface area (Å²) in [5, 5.41) is 8.61. The Balaban J connectivity index is 1.79. The first-order valence-corrected chi connectivity index (χ1v) is 10.9. The van der Waals surface area contributed by atoms with Crippen LogP contribution in [0.5, 0.6) is 0 Å². The summed E-state index contributed by atoms with van der Waals surface area (Å²) in [7, 11) is -1.81. The fourth-order valence-corrected chi connectivity index (χ4v) is 5.27. The predicted molar refractivity (Wildman–Crippen MR) is 97.8 cm³/mol. The molecule has 2 aliphatic rings. The Bertz CT molecular complexity index is 581. The van der Waals surface area contributed by atoms with Crippen LogP contribution in [-0.4, -0.2) is 78.2 Å². The first-order chi connectivity index (χ1) is 12.3. The van der Waals surface area contributed by atoms with Crippen LogP contribution in [0.4, 0.5) is 0 Å². The third kappa shape index (κ3) is 5.65. The number of hydrogen-bond donors (Lipinski definition) is 1. The normalized spacial score (nSPS) is 20.5. The highest BCUT2D eigenvalue weighted by Gasteiger charge is 2.35. The van der Waals surface area contributed by atoms with Crippen molar-refractivity contribution in [2.24, 2.45) is 0 Å². The van der Waals surface area contributed by atoms with Gasteiger partial charge in [-0.3, -0.25) is 9.59 Å². The van der Waals surface area contributed by atoms with Crippen LogP contribution in [0, 0.1) is 0 Å². The van der Waals surface area contributed by atoms with Gasteiger partial charge >= 0.3 is 5.97 Å². The number of carbonyl (C=O) groups is 2. The molecule has 9 heteroatoms. The number of hydrogen-bond acceptors (Lipinski definition) is 4. The summed E-state index contributed by atoms with van der Waals surface area (Å²) in [4.78, 5) is 24.4. The summed E-state index contributed by atoms with van der Waals surface area (Å²) in [6.45, 7) is 1.44. The number of rotatable bonds is 8. The molecule has 1 amide bonds. The van der Waals surface area contributed by atoms with Crippen LogP contribution in [0.15, 0.2) is 0 Å². The monoisotopic (exact) mass is 389 g/mol. The average molecular weight is 390 g/mol. The fraction of sp³-hybridized carbons (Fsp3) is 0.882. The lowest BCUT2D eigenvalue weighted by Gasteiger charge is -2.38. The number of piperazine rings is 1. The highest BCUT2D eigenvalue weighted by molar-refractivity contribution is 7.86. The van der Waals surface area contributed by atoms with Gasteiger partial charge in [-0.25, -0.2) is 0 Å². The Labute approximate surface area is 156 Å². The van der Waals surface area contributed by atoms with Gasteiger partial charge in [0.1, 0.15) is 0 Å². The summed E-state index contributed by atoms with van der Waals surface area (Å²) < 4.78 is 28.7. The van der Waals surface area contributed by atoms with Gasteiger partial charge in [-0.15, -0.1) is 0 Å². The number of nitrogens with zero attached hydrogens (tertiary/aromatic N) is 3. The zero-order valence-corrected chi connectivity index (χ0v) is 16.4. The minimum absolute atomic E-state index is 0.0203. The largest absolute Gasteiger partial charge is 0.481 e. The van der Waals surface area contributed by atoms with Gasteiger partial charge in [-0.05, 0) is 25.7 Å². The van der Waals surface area contributed by atoms with Crippen LogP contribution in [0.2, 0.25) is 0 Å². The molecule has 0 bridgehead atoms. The van der Waals surface area contributed by atoms with E-state index >= 15 is 0 Å². The number of aliphatic carboxylic acids is 1. The van der Waals surface area contributed by atoms with Crippen LogP contribution in [0.25, 0.3) is 0 Å². The minimum Gasteiger partial charge on any atom is -0.481 e. The van der Waals surface area contributed by atoms with Crippen LogP contribution < -0.4 is 0 Å². The average Bonchev–Trinajstić information content (AvgIpc) is 2.65. The van der Waals surface area contributed by atoms with Gasteiger partial charge in [-0.1, -0.05) is 19.3 Å². The number of amides is 1. The molecule has 0 spiro atoms. The summed E-state index contributed by atoms with van der Waals surface area (Å²) >= 11 is 0. The molecule has 1 aliphatic carbocycles. The smallest absolute Gasteiger partial charge is 0.303 e. The maximum Gasteiger partial charge on any atom is 0.303 e. The van der Waals surface area contributed by atoms with E-state index in [0.717, 1.165) is 25.7 Å². The van der Waals surface area contributed by atoms with Gasteiger partial charge in [0.05, 0.1) is 0 Å². The van der Waals surface area contributed by atoms with Crippen molar-refractivity contribution in [1.29, 1.82) is 0 Å². The molecule has 0 aromatic carbocycles. The molecular weight excluding hydrogens is 358 g/mol. The molecule has 2 fully saturated rings. The summed E-state index contributed by atoms with van der Waals surface area (Å²) in [6.07, 6.45) is 6.61. The number of unbranched alkanes of at least 4 members (excludes halogenated alkanes) is 1. The molecule has 1 heterocycles. The van der Waals surface area contributed by atoms with E-state index in [-0.39, 0.29) is 18.4 Å². The van der Waals surface area contributed by atoms with E-state index in [2.05, 4.69) is 0 Å². The fourth-order valence-electron chi connectivity index (χ4n) is 3.69. The number of carboxylic acids is 1. The van der Waals surface area contributed by atoms with Crippen molar-refractivity contribution in [2.75, 3.05) is 33.2 Å². The molecule has 1 saturated heterocycles. The van der Waals surface area contributed by atoms with Crippen molar-refractivity contribution >= 4 is 22.1 Å². The van der Waals surface area contributed by atoms with Crippen molar-refractivity contribution < 1.29 is 23.1 Å². The zero-order chi connectivity index (χ0) is 19.2. The van der Waals surface area contributed by atoms with E-state index in [1.54, 1.807) is 11.9 Å². The third-order valence-electron chi connectivity index (χ3n) is 5.40. The molecule has 8 nitrogen and oxygen atoms in total. The molecular formula is C17H31N3O5S. The van der Waals surface area contributed by atoms with Gasteiger partial charge in [-0.2, -0.15) is 17.0 Å². The maximum absolute atomic E-state index is 12.8. The Morgan fingerprint density at radius 3 is 2.15 bits per heavy atom. The summed E-state index contributed by atoms with van der Waals surface area (Å²) in [5.41, 5.74) is 0. The highest BCUT2D eigenvalue weighted by atomic mass is 32.2. The third-order valence-corrected chi connectivity index (χ3v) is 7.45. The molecule has 1 aliphatic heterocycles. The number of carbonyl (C=O) groups excluding carboxylic acids is 1. The van der Waals surface area contributed by atoms with Crippen LogP contribution >= 0.6 is 0 Å². The molecule has 150 valence electrons. The van der Waals surface area contributed by atoms with Crippen molar-refractivity contribution in [2.45, 2.75) is 63.8 Å². The summed E-state index contributed by atoms with van der Waals surface area (Å²) in [6, 6.07) is 0.0858. The zero-order valence-electron chi connectivity index (χ0n) is 15.6. The van der Waals surface area contributed by atoms with Crippen LogP contribution in [0.1, 0.15) is 57.8 Å². The first kappa shape index (κ1) is 21.1. The Hall–Kier alpha value is -1.19. The quantitative estimate of drug-likeness (QED) is 0.631. The Kier molecular flexibility index (Phi) is 7.85. The first-order valence-electron chi connectivity index (χ1n) is 9.55. The molecule has 26 heavy (non-hydrogen) atoms. The van der Waals surface area contributed by atoms with E-state index in [0.29, 0.717) is 45.4 Å². The summed E-state index contributed by atoms with van der Waals surface area (Å²) in [5.74, 6) is -0.869. The Morgan fingerprint density at radius 2 is 1.58 bits per heavy atom. The SMILES string of the molecule is CN(C1CCCCC1)S(=O)(=O)N1CCN(C(=O)CCCCC(=O)O)CC1. The molecule has 1 N–H and O–H groups in total. The lowest BCUT2D eigenvalue weighted by atomic mass is 9.96. The van der Waals surface area contributed by atoms with Gasteiger partial charge in [0.25, 0.3) is 10.2 Å². The van der Waals surface area contributed by atoms with Crippen molar-refractivity contribution in [3.05, 3.63) is 0 Å².